The van der Waals surface area contributed by atoms with Gasteiger partial charge in [0.1, 0.15) is 0 Å². The molecule has 0 amide bonds. The van der Waals surface area contributed by atoms with Crippen LogP contribution < -0.4 is 9.62 Å². The molecule has 5 heteroatoms. The molecule has 1 atom stereocenters. The van der Waals surface area contributed by atoms with Crippen molar-refractivity contribution in [2.24, 2.45) is 5.92 Å². The van der Waals surface area contributed by atoms with Crippen molar-refractivity contribution in [3.63, 3.8) is 0 Å². The van der Waals surface area contributed by atoms with E-state index in [1.807, 2.05) is 44.2 Å². The van der Waals surface area contributed by atoms with Crippen LogP contribution in [0.25, 0.3) is 0 Å². The Morgan fingerprint density at radius 2 is 1.88 bits per heavy atom. The molecule has 0 aliphatic carbocycles. The second-order valence-electron chi connectivity index (χ2n) is 6.56. The highest BCUT2D eigenvalue weighted by atomic mass is 32.2. The maximum absolute atomic E-state index is 12.5. The van der Waals surface area contributed by atoms with Crippen LogP contribution in [0.1, 0.15) is 17.5 Å². The van der Waals surface area contributed by atoms with Crippen molar-refractivity contribution < 1.29 is 8.42 Å². The van der Waals surface area contributed by atoms with Crippen LogP contribution in [0.5, 0.6) is 0 Å². The summed E-state index contributed by atoms with van der Waals surface area (Å²) >= 11 is 0. The molecule has 2 aromatic rings. The molecule has 0 bridgehead atoms. The van der Waals surface area contributed by atoms with E-state index in [0.717, 1.165) is 30.6 Å². The summed E-state index contributed by atoms with van der Waals surface area (Å²) in [5, 5.41) is 0. The molecule has 0 aromatic heterocycles. The standard InChI is InChI=1S/C19H24N2O2S/c1-15-8-9-19(16(2)12-15)24(22,23)20-13-17-10-11-21(14-17)18-6-4-3-5-7-18/h3-9,12,17,20H,10-11,13-14H2,1-2H3/t17-/m0/s1. The van der Waals surface area contributed by atoms with Crippen LogP contribution >= 0.6 is 0 Å². The van der Waals surface area contributed by atoms with Gasteiger partial charge in [0.05, 0.1) is 4.90 Å². The lowest BCUT2D eigenvalue weighted by atomic mass is 10.1. The molecule has 1 N–H and O–H groups in total. The van der Waals surface area contributed by atoms with Crippen molar-refractivity contribution in [1.82, 2.24) is 4.72 Å². The Morgan fingerprint density at radius 3 is 2.58 bits per heavy atom. The highest BCUT2D eigenvalue weighted by molar-refractivity contribution is 7.89. The molecule has 4 nitrogen and oxygen atoms in total. The third-order valence-corrected chi connectivity index (χ3v) is 6.17. The number of anilines is 1. The van der Waals surface area contributed by atoms with Crippen molar-refractivity contribution in [3.05, 3.63) is 59.7 Å². The van der Waals surface area contributed by atoms with Gasteiger partial charge in [0.2, 0.25) is 10.0 Å². The smallest absolute Gasteiger partial charge is 0.240 e. The third-order valence-electron chi connectivity index (χ3n) is 4.59. The summed E-state index contributed by atoms with van der Waals surface area (Å²) in [5.41, 5.74) is 3.07. The van der Waals surface area contributed by atoms with Gasteiger partial charge < -0.3 is 4.90 Å². The normalized spacial score (nSPS) is 18.1. The monoisotopic (exact) mass is 344 g/mol. The number of para-hydroxylation sites is 1. The summed E-state index contributed by atoms with van der Waals surface area (Å²) in [6, 6.07) is 15.7. The van der Waals surface area contributed by atoms with Crippen molar-refractivity contribution in [2.75, 3.05) is 24.5 Å². The highest BCUT2D eigenvalue weighted by Gasteiger charge is 2.25. The molecule has 0 unspecified atom stereocenters. The lowest BCUT2D eigenvalue weighted by Gasteiger charge is -2.19. The maximum Gasteiger partial charge on any atom is 0.240 e. The van der Waals surface area contributed by atoms with Crippen LogP contribution in [0.2, 0.25) is 0 Å². The number of rotatable bonds is 5. The van der Waals surface area contributed by atoms with Crippen LogP contribution in [0.4, 0.5) is 5.69 Å². The molecule has 1 aliphatic rings. The Labute approximate surface area is 144 Å². The average molecular weight is 344 g/mol. The van der Waals surface area contributed by atoms with E-state index < -0.39 is 10.0 Å². The first kappa shape index (κ1) is 17.0. The lowest BCUT2D eigenvalue weighted by molar-refractivity contribution is 0.541. The van der Waals surface area contributed by atoms with Gasteiger partial charge in [-0.15, -0.1) is 0 Å². The molecule has 1 aliphatic heterocycles. The van der Waals surface area contributed by atoms with Crippen LogP contribution in [0, 0.1) is 19.8 Å². The Kier molecular flexibility index (Phi) is 4.92. The largest absolute Gasteiger partial charge is 0.371 e. The molecule has 24 heavy (non-hydrogen) atoms. The minimum atomic E-state index is -3.45. The fraction of sp³-hybridized carbons (Fsp3) is 0.368. The van der Waals surface area contributed by atoms with Crippen molar-refractivity contribution in [2.45, 2.75) is 25.2 Å². The predicted molar refractivity (Wildman–Crippen MR) is 97.9 cm³/mol. The summed E-state index contributed by atoms with van der Waals surface area (Å²) in [7, 11) is -3.45. The van der Waals surface area contributed by atoms with Crippen molar-refractivity contribution >= 4 is 15.7 Å². The Morgan fingerprint density at radius 1 is 1.12 bits per heavy atom. The molecule has 1 heterocycles. The molecule has 1 fully saturated rings. The van der Waals surface area contributed by atoms with Crippen LogP contribution in [0.3, 0.4) is 0 Å². The van der Waals surface area contributed by atoms with E-state index in [-0.39, 0.29) is 0 Å². The topological polar surface area (TPSA) is 49.4 Å². The molecule has 1 saturated heterocycles. The Hall–Kier alpha value is -1.85. The first-order valence-corrected chi connectivity index (χ1v) is 9.81. The first-order chi connectivity index (χ1) is 11.5. The zero-order valence-electron chi connectivity index (χ0n) is 14.2. The molecule has 3 rings (SSSR count). The van der Waals surface area contributed by atoms with E-state index in [0.29, 0.717) is 17.4 Å². The van der Waals surface area contributed by atoms with Gasteiger partial charge in [0.25, 0.3) is 0 Å². The minimum Gasteiger partial charge on any atom is -0.371 e. The number of sulfonamides is 1. The number of aryl methyl sites for hydroxylation is 2. The zero-order chi connectivity index (χ0) is 17.2. The molecular formula is C19H24N2O2S. The summed E-state index contributed by atoms with van der Waals surface area (Å²) in [5.74, 6) is 0.339. The number of hydrogen-bond acceptors (Lipinski definition) is 3. The van der Waals surface area contributed by atoms with Crippen molar-refractivity contribution in [3.8, 4) is 0 Å². The van der Waals surface area contributed by atoms with Gasteiger partial charge in [0.15, 0.2) is 0 Å². The van der Waals surface area contributed by atoms with Gasteiger partial charge in [-0.05, 0) is 49.9 Å². The minimum absolute atomic E-state index is 0.339. The molecule has 0 spiro atoms. The van der Waals surface area contributed by atoms with Gasteiger partial charge in [-0.3, -0.25) is 0 Å². The number of nitrogens with one attached hydrogen (secondary N) is 1. The molecule has 2 aromatic carbocycles. The molecule has 0 radical (unpaired) electrons. The number of benzene rings is 2. The summed E-state index contributed by atoms with van der Waals surface area (Å²) in [4.78, 5) is 2.70. The van der Waals surface area contributed by atoms with Gasteiger partial charge in [-0.1, -0.05) is 35.9 Å². The Balaban J connectivity index is 1.62. The zero-order valence-corrected chi connectivity index (χ0v) is 15.0. The molecule has 0 saturated carbocycles. The SMILES string of the molecule is Cc1ccc(S(=O)(=O)NC[C@@H]2CCN(c3ccccc3)C2)c(C)c1. The van der Waals surface area contributed by atoms with Gasteiger partial charge in [-0.25, -0.2) is 13.1 Å². The fourth-order valence-electron chi connectivity index (χ4n) is 3.28. The Bertz CT molecular complexity index is 803. The van der Waals surface area contributed by atoms with E-state index in [2.05, 4.69) is 21.8 Å². The van der Waals surface area contributed by atoms with Crippen molar-refractivity contribution in [1.29, 1.82) is 0 Å². The second kappa shape index (κ2) is 6.95. The third kappa shape index (κ3) is 3.79. The molecule has 128 valence electrons. The highest BCUT2D eigenvalue weighted by Crippen LogP contribution is 2.23. The van der Waals surface area contributed by atoms with E-state index in [1.54, 1.807) is 6.07 Å². The van der Waals surface area contributed by atoms with E-state index in [1.165, 1.54) is 5.69 Å². The summed E-state index contributed by atoms with van der Waals surface area (Å²) in [6.07, 6.45) is 1.00. The number of hydrogen-bond donors (Lipinski definition) is 1. The lowest BCUT2D eigenvalue weighted by Crippen LogP contribution is -2.31. The predicted octanol–water partition coefficient (Wildman–Crippen LogP) is 3.11. The van der Waals surface area contributed by atoms with E-state index in [9.17, 15) is 8.42 Å². The fourth-order valence-corrected chi connectivity index (χ4v) is 4.62. The maximum atomic E-state index is 12.5. The van der Waals surface area contributed by atoms with Gasteiger partial charge in [0, 0.05) is 25.3 Å². The second-order valence-corrected chi connectivity index (χ2v) is 8.29. The van der Waals surface area contributed by atoms with Crippen LogP contribution in [-0.4, -0.2) is 28.1 Å². The van der Waals surface area contributed by atoms with Crippen LogP contribution in [0.15, 0.2) is 53.4 Å². The summed E-state index contributed by atoms with van der Waals surface area (Å²) in [6.45, 7) is 6.15. The average Bonchev–Trinajstić information content (AvgIpc) is 3.02. The number of nitrogens with zero attached hydrogens (tertiary/aromatic N) is 1. The quantitative estimate of drug-likeness (QED) is 0.907. The van der Waals surface area contributed by atoms with E-state index >= 15 is 0 Å². The van der Waals surface area contributed by atoms with E-state index in [4.69, 9.17) is 0 Å². The first-order valence-electron chi connectivity index (χ1n) is 8.32. The van der Waals surface area contributed by atoms with Crippen LogP contribution in [-0.2, 0) is 10.0 Å². The van der Waals surface area contributed by atoms with Gasteiger partial charge >= 0.3 is 0 Å². The summed E-state index contributed by atoms with van der Waals surface area (Å²) < 4.78 is 27.9. The van der Waals surface area contributed by atoms with Gasteiger partial charge in [-0.2, -0.15) is 0 Å². The molecular weight excluding hydrogens is 320 g/mol.